The fourth-order valence-electron chi connectivity index (χ4n) is 4.10. The van der Waals surface area contributed by atoms with Crippen LogP contribution in [0.15, 0.2) is 84.9 Å². The minimum absolute atomic E-state index is 0.0290. The highest BCUT2D eigenvalue weighted by atomic mass is 35.5. The molecule has 0 fully saturated rings. The van der Waals surface area contributed by atoms with Crippen molar-refractivity contribution in [2.45, 2.75) is 6.92 Å². The summed E-state index contributed by atoms with van der Waals surface area (Å²) in [6, 6.07) is 21.1. The van der Waals surface area contributed by atoms with Crippen molar-refractivity contribution in [3.8, 4) is 5.75 Å². The number of carbonyl (C=O) groups excluding carboxylic acids is 5. The van der Waals surface area contributed by atoms with E-state index >= 15 is 0 Å². The minimum atomic E-state index is -0.827. The van der Waals surface area contributed by atoms with Crippen molar-refractivity contribution in [2.75, 3.05) is 11.5 Å². The molecule has 41 heavy (non-hydrogen) atoms. The van der Waals surface area contributed by atoms with Crippen LogP contribution in [-0.4, -0.2) is 36.1 Å². The molecular weight excluding hydrogens is 569 g/mol. The van der Waals surface area contributed by atoms with Crippen molar-refractivity contribution < 1.29 is 33.4 Å². The van der Waals surface area contributed by atoms with E-state index < -0.39 is 36.1 Å². The molecule has 1 aliphatic rings. The molecule has 0 saturated carbocycles. The van der Waals surface area contributed by atoms with Crippen LogP contribution in [-0.2, 0) is 4.74 Å². The number of benzene rings is 4. The van der Waals surface area contributed by atoms with Gasteiger partial charge in [0.15, 0.2) is 12.4 Å². The van der Waals surface area contributed by atoms with Crippen LogP contribution in [0, 0.1) is 6.92 Å². The topological polar surface area (TPSA) is 107 Å². The zero-order chi connectivity index (χ0) is 29.3. The number of carbonyl (C=O) groups is 5. The van der Waals surface area contributed by atoms with Gasteiger partial charge in [-0.2, -0.15) is 0 Å². The van der Waals surface area contributed by atoms with Gasteiger partial charge in [0.05, 0.1) is 38.0 Å². The third-order valence-electron chi connectivity index (χ3n) is 6.28. The molecule has 0 unspecified atom stereocenters. The number of rotatable bonds is 7. The first-order chi connectivity index (χ1) is 19.6. The molecule has 5 rings (SSSR count). The molecule has 0 saturated heterocycles. The van der Waals surface area contributed by atoms with Gasteiger partial charge in [0.2, 0.25) is 0 Å². The molecular formula is C31H19Cl2NO7. The molecule has 0 N–H and O–H groups in total. The van der Waals surface area contributed by atoms with Crippen LogP contribution in [0.4, 0.5) is 5.69 Å². The smallest absolute Gasteiger partial charge is 0.343 e. The van der Waals surface area contributed by atoms with E-state index in [9.17, 15) is 24.0 Å². The maximum absolute atomic E-state index is 12.9. The third-order valence-corrected chi connectivity index (χ3v) is 7.00. The van der Waals surface area contributed by atoms with E-state index in [2.05, 4.69) is 0 Å². The van der Waals surface area contributed by atoms with Gasteiger partial charge in [-0.25, -0.2) is 14.5 Å². The van der Waals surface area contributed by atoms with Crippen LogP contribution < -0.4 is 9.64 Å². The van der Waals surface area contributed by atoms with E-state index in [0.29, 0.717) is 5.56 Å². The van der Waals surface area contributed by atoms with Crippen LogP contribution in [0.2, 0.25) is 10.0 Å². The molecule has 0 spiro atoms. The molecule has 1 heterocycles. The zero-order valence-corrected chi connectivity index (χ0v) is 22.9. The second-order valence-corrected chi connectivity index (χ2v) is 9.90. The standard InChI is InChI=1S/C31H19Cl2NO7/c1-17-5-7-19(8-6-17)31(39)41-22-11-9-18(10-12-22)27(35)16-40-30(38)20-3-2-4-21(13-20)34-28(36)23-14-25(32)26(33)15-24(23)29(34)37/h2-15H,16H2,1H3. The molecule has 1 aliphatic heterocycles. The molecule has 0 atom stereocenters. The first kappa shape index (κ1) is 27.8. The van der Waals surface area contributed by atoms with Crippen molar-refractivity contribution in [3.63, 3.8) is 0 Å². The normalized spacial score (nSPS) is 12.2. The predicted octanol–water partition coefficient (Wildman–Crippen LogP) is 6.36. The number of Topliss-reactive ketones (excluding diaryl/α,β-unsaturated/α-hetero) is 1. The predicted molar refractivity (Wildman–Crippen MR) is 151 cm³/mol. The fraction of sp³-hybridized carbons (Fsp3) is 0.0645. The van der Waals surface area contributed by atoms with Gasteiger partial charge < -0.3 is 9.47 Å². The number of ether oxygens (including phenoxy) is 2. The average Bonchev–Trinajstić information content (AvgIpc) is 3.20. The second kappa shape index (κ2) is 11.4. The zero-order valence-electron chi connectivity index (χ0n) is 21.4. The van der Waals surface area contributed by atoms with Gasteiger partial charge >= 0.3 is 11.9 Å². The van der Waals surface area contributed by atoms with Crippen LogP contribution in [0.3, 0.4) is 0 Å². The molecule has 2 amide bonds. The largest absolute Gasteiger partial charge is 0.454 e. The summed E-state index contributed by atoms with van der Waals surface area (Å²) in [5.41, 5.74) is 2.00. The molecule has 8 nitrogen and oxygen atoms in total. The Morgan fingerprint density at radius 1 is 0.707 bits per heavy atom. The molecule has 4 aromatic carbocycles. The molecule has 4 aromatic rings. The monoisotopic (exact) mass is 587 g/mol. The molecule has 0 aliphatic carbocycles. The quantitative estimate of drug-likeness (QED) is 0.107. The van der Waals surface area contributed by atoms with Gasteiger partial charge in [-0.05, 0) is 73.7 Å². The van der Waals surface area contributed by atoms with Gasteiger partial charge in [0.25, 0.3) is 11.8 Å². The number of halogens is 2. The number of ketones is 1. The first-order valence-electron chi connectivity index (χ1n) is 12.2. The maximum Gasteiger partial charge on any atom is 0.343 e. The van der Waals surface area contributed by atoms with E-state index in [1.54, 1.807) is 24.3 Å². The number of hydrogen-bond donors (Lipinski definition) is 0. The summed E-state index contributed by atoms with van der Waals surface area (Å²) in [4.78, 5) is 64.3. The number of anilines is 1. The van der Waals surface area contributed by atoms with Gasteiger partial charge in [-0.1, -0.05) is 47.0 Å². The van der Waals surface area contributed by atoms with Crippen molar-refractivity contribution >= 4 is 58.4 Å². The number of nitrogens with zero attached hydrogens (tertiary/aromatic N) is 1. The lowest BCUT2D eigenvalue weighted by atomic mass is 10.1. The van der Waals surface area contributed by atoms with Gasteiger partial charge in [0.1, 0.15) is 5.75 Å². The van der Waals surface area contributed by atoms with E-state index in [4.69, 9.17) is 32.7 Å². The summed E-state index contributed by atoms with van der Waals surface area (Å²) in [7, 11) is 0. The SMILES string of the molecule is Cc1ccc(C(=O)Oc2ccc(C(=O)COC(=O)c3cccc(N4C(=O)c5cc(Cl)c(Cl)cc5C4=O)c3)cc2)cc1. The maximum atomic E-state index is 12.9. The van der Waals surface area contributed by atoms with E-state index in [-0.39, 0.29) is 43.7 Å². The molecule has 0 bridgehead atoms. The summed E-state index contributed by atoms with van der Waals surface area (Å²) in [6.45, 7) is 1.35. The van der Waals surface area contributed by atoms with Gasteiger partial charge in [-0.15, -0.1) is 0 Å². The highest BCUT2D eigenvalue weighted by Crippen LogP contribution is 2.34. The number of aryl methyl sites for hydroxylation is 1. The van der Waals surface area contributed by atoms with Crippen molar-refractivity contribution in [1.29, 1.82) is 0 Å². The number of amides is 2. The van der Waals surface area contributed by atoms with Crippen molar-refractivity contribution in [1.82, 2.24) is 0 Å². The molecule has 204 valence electrons. The second-order valence-electron chi connectivity index (χ2n) is 9.09. The van der Waals surface area contributed by atoms with Crippen LogP contribution >= 0.6 is 23.2 Å². The Hall–Kier alpha value is -4.79. The summed E-state index contributed by atoms with van der Waals surface area (Å²) >= 11 is 12.0. The minimum Gasteiger partial charge on any atom is -0.454 e. The highest BCUT2D eigenvalue weighted by Gasteiger charge is 2.37. The average molecular weight is 588 g/mol. The Balaban J connectivity index is 1.21. The van der Waals surface area contributed by atoms with Crippen LogP contribution in [0.25, 0.3) is 0 Å². The summed E-state index contributed by atoms with van der Waals surface area (Å²) in [6.07, 6.45) is 0. The highest BCUT2D eigenvalue weighted by molar-refractivity contribution is 6.44. The summed E-state index contributed by atoms with van der Waals surface area (Å²) in [5.74, 6) is -2.83. The summed E-state index contributed by atoms with van der Waals surface area (Å²) < 4.78 is 10.5. The lowest BCUT2D eigenvalue weighted by Gasteiger charge is -2.14. The van der Waals surface area contributed by atoms with E-state index in [0.717, 1.165) is 10.5 Å². The van der Waals surface area contributed by atoms with Gasteiger partial charge in [0, 0.05) is 5.56 Å². The molecule has 0 aromatic heterocycles. The number of fused-ring (bicyclic) bond motifs is 1. The third kappa shape index (κ3) is 5.75. The van der Waals surface area contributed by atoms with Crippen molar-refractivity contribution in [3.05, 3.63) is 128 Å². The van der Waals surface area contributed by atoms with E-state index in [1.807, 2.05) is 6.92 Å². The van der Waals surface area contributed by atoms with E-state index in [1.165, 1.54) is 60.7 Å². The fourth-order valence-corrected chi connectivity index (χ4v) is 4.43. The van der Waals surface area contributed by atoms with Crippen molar-refractivity contribution in [2.24, 2.45) is 0 Å². The Morgan fingerprint density at radius 3 is 1.90 bits per heavy atom. The number of hydrogen-bond acceptors (Lipinski definition) is 7. The van der Waals surface area contributed by atoms with Gasteiger partial charge in [-0.3, -0.25) is 14.4 Å². The molecule has 10 heteroatoms. The Morgan fingerprint density at radius 2 is 1.29 bits per heavy atom. The lowest BCUT2D eigenvalue weighted by molar-refractivity contribution is 0.0474. The molecule has 0 radical (unpaired) electrons. The lowest BCUT2D eigenvalue weighted by Crippen LogP contribution is -2.29. The Kier molecular flexibility index (Phi) is 7.70. The van der Waals surface area contributed by atoms with Crippen LogP contribution in [0.1, 0.15) is 57.4 Å². The summed E-state index contributed by atoms with van der Waals surface area (Å²) in [5, 5.41) is 0.265. The number of esters is 2. The van der Waals surface area contributed by atoms with Crippen LogP contribution in [0.5, 0.6) is 5.75 Å². The number of imide groups is 1. The Labute approximate surface area is 244 Å². The Bertz CT molecular complexity index is 1690. The first-order valence-corrected chi connectivity index (χ1v) is 12.9.